The molecular formula is C16H23BrN2. The van der Waals surface area contributed by atoms with Gasteiger partial charge in [0.1, 0.15) is 0 Å². The zero-order chi connectivity index (χ0) is 13.7. The molecule has 104 valence electrons. The van der Waals surface area contributed by atoms with Gasteiger partial charge in [0.25, 0.3) is 0 Å². The average Bonchev–Trinajstić information content (AvgIpc) is 2.75. The van der Waals surface area contributed by atoms with Gasteiger partial charge in [-0.2, -0.15) is 0 Å². The van der Waals surface area contributed by atoms with Crippen LogP contribution in [0.25, 0.3) is 10.9 Å². The summed E-state index contributed by atoms with van der Waals surface area (Å²) >= 11 is 3.51. The molecule has 2 nitrogen and oxygen atoms in total. The van der Waals surface area contributed by atoms with Crippen LogP contribution in [0.5, 0.6) is 0 Å². The topological polar surface area (TPSA) is 17.0 Å². The van der Waals surface area contributed by atoms with E-state index < -0.39 is 0 Å². The minimum Gasteiger partial charge on any atom is -0.346 e. The molecule has 0 spiro atoms. The maximum atomic E-state index is 3.53. The van der Waals surface area contributed by atoms with E-state index in [9.17, 15) is 0 Å². The first-order valence-electron chi connectivity index (χ1n) is 7.12. The molecule has 1 aromatic carbocycles. The van der Waals surface area contributed by atoms with Crippen molar-refractivity contribution in [1.82, 2.24) is 9.88 Å². The fourth-order valence-corrected chi connectivity index (χ4v) is 2.70. The van der Waals surface area contributed by atoms with Crippen LogP contribution >= 0.6 is 15.9 Å². The molecule has 1 heterocycles. The smallest absolute Gasteiger partial charge is 0.0481 e. The van der Waals surface area contributed by atoms with Crippen molar-refractivity contribution in [3.63, 3.8) is 0 Å². The van der Waals surface area contributed by atoms with E-state index in [4.69, 9.17) is 0 Å². The first-order valence-corrected chi connectivity index (χ1v) is 7.91. The number of halogens is 1. The summed E-state index contributed by atoms with van der Waals surface area (Å²) in [5, 5.41) is 4.83. The zero-order valence-corrected chi connectivity index (χ0v) is 13.4. The van der Waals surface area contributed by atoms with Crippen molar-refractivity contribution < 1.29 is 0 Å². The van der Waals surface area contributed by atoms with E-state index in [1.807, 2.05) is 0 Å². The molecule has 2 rings (SSSR count). The Kier molecular flexibility index (Phi) is 5.46. The van der Waals surface area contributed by atoms with E-state index >= 15 is 0 Å². The van der Waals surface area contributed by atoms with Gasteiger partial charge in [-0.05, 0) is 49.6 Å². The second-order valence-electron chi connectivity index (χ2n) is 5.50. The number of aromatic nitrogens is 1. The van der Waals surface area contributed by atoms with E-state index in [2.05, 4.69) is 70.1 Å². The lowest BCUT2D eigenvalue weighted by molar-refractivity contribution is 0.517. The number of rotatable bonds is 7. The van der Waals surface area contributed by atoms with E-state index in [-0.39, 0.29) is 0 Å². The molecule has 0 saturated carbocycles. The highest BCUT2D eigenvalue weighted by Crippen LogP contribution is 2.20. The summed E-state index contributed by atoms with van der Waals surface area (Å²) in [5.41, 5.74) is 1.31. The Hall–Kier alpha value is -0.800. The summed E-state index contributed by atoms with van der Waals surface area (Å²) in [6, 6.07) is 8.63. The minimum atomic E-state index is 0.814. The maximum Gasteiger partial charge on any atom is 0.0481 e. The van der Waals surface area contributed by atoms with E-state index in [0.717, 1.165) is 30.0 Å². The zero-order valence-electron chi connectivity index (χ0n) is 11.8. The fourth-order valence-electron chi connectivity index (χ4n) is 2.33. The van der Waals surface area contributed by atoms with Gasteiger partial charge < -0.3 is 9.88 Å². The highest BCUT2D eigenvalue weighted by molar-refractivity contribution is 9.10. The molecule has 0 aliphatic heterocycles. The number of nitrogens with one attached hydrogen (secondary N) is 1. The van der Waals surface area contributed by atoms with Crippen LogP contribution in [0.15, 0.2) is 34.9 Å². The van der Waals surface area contributed by atoms with Crippen molar-refractivity contribution in [1.29, 1.82) is 0 Å². The van der Waals surface area contributed by atoms with Crippen LogP contribution in [-0.2, 0) is 6.54 Å². The molecule has 0 bridgehead atoms. The molecular weight excluding hydrogens is 300 g/mol. The van der Waals surface area contributed by atoms with Crippen molar-refractivity contribution in [3.05, 3.63) is 34.9 Å². The van der Waals surface area contributed by atoms with Gasteiger partial charge in [0, 0.05) is 34.7 Å². The molecule has 0 saturated heterocycles. The second-order valence-corrected chi connectivity index (χ2v) is 6.41. The van der Waals surface area contributed by atoms with Crippen molar-refractivity contribution in [2.45, 2.75) is 33.2 Å². The van der Waals surface area contributed by atoms with Gasteiger partial charge in [-0.15, -0.1) is 0 Å². The first kappa shape index (κ1) is 14.6. The molecule has 19 heavy (non-hydrogen) atoms. The maximum absolute atomic E-state index is 3.53. The molecule has 0 aliphatic rings. The van der Waals surface area contributed by atoms with Gasteiger partial charge in [0.15, 0.2) is 0 Å². The van der Waals surface area contributed by atoms with Crippen molar-refractivity contribution in [2.24, 2.45) is 5.92 Å². The Labute approximate surface area is 124 Å². The van der Waals surface area contributed by atoms with Crippen LogP contribution in [-0.4, -0.2) is 17.7 Å². The molecule has 2 aromatic rings. The molecule has 0 amide bonds. The van der Waals surface area contributed by atoms with Crippen molar-refractivity contribution in [2.75, 3.05) is 13.1 Å². The Morgan fingerprint density at radius 1 is 1.21 bits per heavy atom. The molecule has 0 atom stereocenters. The van der Waals surface area contributed by atoms with Gasteiger partial charge in [-0.3, -0.25) is 0 Å². The summed E-state index contributed by atoms with van der Waals surface area (Å²) in [7, 11) is 0. The van der Waals surface area contributed by atoms with Crippen LogP contribution in [0, 0.1) is 5.92 Å². The van der Waals surface area contributed by atoms with Crippen LogP contribution in [0.3, 0.4) is 0 Å². The van der Waals surface area contributed by atoms with Crippen LogP contribution < -0.4 is 5.32 Å². The van der Waals surface area contributed by atoms with Crippen molar-refractivity contribution >= 4 is 26.8 Å². The molecule has 1 aromatic heterocycles. The van der Waals surface area contributed by atoms with E-state index in [1.165, 1.54) is 23.7 Å². The molecule has 1 N–H and O–H groups in total. The van der Waals surface area contributed by atoms with Gasteiger partial charge in [-0.1, -0.05) is 29.8 Å². The predicted octanol–water partition coefficient (Wildman–Crippen LogP) is 4.43. The largest absolute Gasteiger partial charge is 0.346 e. The molecule has 0 aliphatic carbocycles. The highest BCUT2D eigenvalue weighted by Gasteiger charge is 2.01. The van der Waals surface area contributed by atoms with Gasteiger partial charge in [0.2, 0.25) is 0 Å². The molecule has 3 heteroatoms. The molecule has 0 radical (unpaired) electrons. The number of benzene rings is 1. The first-order chi connectivity index (χ1) is 9.16. The lowest BCUT2D eigenvalue weighted by Crippen LogP contribution is -2.21. The Balaban J connectivity index is 1.79. The number of hydrogen-bond donors (Lipinski definition) is 1. The SMILES string of the molecule is CC(C)CCCNCCn1ccc2cc(Br)ccc21. The Morgan fingerprint density at radius 2 is 2.05 bits per heavy atom. The third kappa shape index (κ3) is 4.36. The summed E-state index contributed by atoms with van der Waals surface area (Å²) in [6.45, 7) is 7.77. The predicted molar refractivity (Wildman–Crippen MR) is 86.6 cm³/mol. The third-order valence-electron chi connectivity index (χ3n) is 3.40. The minimum absolute atomic E-state index is 0.814. The summed E-state index contributed by atoms with van der Waals surface area (Å²) < 4.78 is 3.46. The summed E-state index contributed by atoms with van der Waals surface area (Å²) in [6.07, 6.45) is 4.76. The molecule has 0 unspecified atom stereocenters. The Morgan fingerprint density at radius 3 is 2.84 bits per heavy atom. The number of fused-ring (bicyclic) bond motifs is 1. The Bertz CT molecular complexity index is 516. The monoisotopic (exact) mass is 322 g/mol. The second kappa shape index (κ2) is 7.11. The van der Waals surface area contributed by atoms with Crippen LogP contribution in [0.2, 0.25) is 0 Å². The quantitative estimate of drug-likeness (QED) is 0.746. The average molecular weight is 323 g/mol. The summed E-state index contributed by atoms with van der Waals surface area (Å²) in [5.74, 6) is 0.814. The lowest BCUT2D eigenvalue weighted by Gasteiger charge is -2.08. The molecule has 0 fully saturated rings. The van der Waals surface area contributed by atoms with Crippen LogP contribution in [0.1, 0.15) is 26.7 Å². The van der Waals surface area contributed by atoms with Gasteiger partial charge in [0.05, 0.1) is 0 Å². The van der Waals surface area contributed by atoms with Gasteiger partial charge in [-0.25, -0.2) is 0 Å². The summed E-state index contributed by atoms with van der Waals surface area (Å²) in [4.78, 5) is 0. The van der Waals surface area contributed by atoms with Crippen LogP contribution in [0.4, 0.5) is 0 Å². The van der Waals surface area contributed by atoms with Crippen molar-refractivity contribution in [3.8, 4) is 0 Å². The van der Waals surface area contributed by atoms with Gasteiger partial charge >= 0.3 is 0 Å². The van der Waals surface area contributed by atoms with E-state index in [1.54, 1.807) is 0 Å². The highest BCUT2D eigenvalue weighted by atomic mass is 79.9. The van der Waals surface area contributed by atoms with E-state index in [0.29, 0.717) is 0 Å². The third-order valence-corrected chi connectivity index (χ3v) is 3.89. The lowest BCUT2D eigenvalue weighted by atomic mass is 10.1. The fraction of sp³-hybridized carbons (Fsp3) is 0.500. The normalized spacial score (nSPS) is 11.6. The number of nitrogens with zero attached hydrogens (tertiary/aromatic N) is 1. The number of hydrogen-bond acceptors (Lipinski definition) is 1. The standard InChI is InChI=1S/C16H23BrN2/c1-13(2)4-3-8-18-9-11-19-10-7-14-12-15(17)5-6-16(14)19/h5-7,10,12-13,18H,3-4,8-9,11H2,1-2H3.